The van der Waals surface area contributed by atoms with Crippen LogP contribution in [0.1, 0.15) is 31.9 Å². The first-order chi connectivity index (χ1) is 10.0. The maximum absolute atomic E-state index is 12.2. The van der Waals surface area contributed by atoms with Crippen molar-refractivity contribution in [3.05, 3.63) is 30.1 Å². The molecule has 2 heterocycles. The average Bonchev–Trinajstić information content (AvgIpc) is 2.87. The lowest BCUT2D eigenvalue weighted by Crippen LogP contribution is -2.36. The highest BCUT2D eigenvalue weighted by Gasteiger charge is 2.52. The molecule has 1 fully saturated rings. The maximum atomic E-state index is 12.2. The van der Waals surface area contributed by atoms with E-state index in [-0.39, 0.29) is 18.0 Å². The predicted molar refractivity (Wildman–Crippen MR) is 75.3 cm³/mol. The zero-order chi connectivity index (χ0) is 15.5. The number of ether oxygens (including phenoxy) is 2. The molecule has 114 valence electrons. The SMILES string of the molecule is CCOC(=O)[C@@H]1C[C@](C)(C(=O)OC)[C@H](c2cccnc2)N1. The molecule has 1 aromatic heterocycles. The maximum Gasteiger partial charge on any atom is 0.323 e. The Labute approximate surface area is 123 Å². The lowest BCUT2D eigenvalue weighted by Gasteiger charge is -2.27. The summed E-state index contributed by atoms with van der Waals surface area (Å²) in [6.07, 6.45) is 3.68. The molecule has 0 aromatic carbocycles. The number of hydrogen-bond donors (Lipinski definition) is 1. The fourth-order valence-electron chi connectivity index (χ4n) is 2.83. The van der Waals surface area contributed by atoms with Gasteiger partial charge in [-0.05, 0) is 31.9 Å². The number of methoxy groups -OCH3 is 1. The Morgan fingerprint density at radius 2 is 2.29 bits per heavy atom. The van der Waals surface area contributed by atoms with Crippen molar-refractivity contribution in [1.29, 1.82) is 0 Å². The highest BCUT2D eigenvalue weighted by Crippen LogP contribution is 2.44. The van der Waals surface area contributed by atoms with Crippen molar-refractivity contribution in [3.63, 3.8) is 0 Å². The van der Waals surface area contributed by atoms with Gasteiger partial charge in [-0.2, -0.15) is 0 Å². The molecule has 3 atom stereocenters. The molecule has 0 unspecified atom stereocenters. The predicted octanol–water partition coefficient (Wildman–Crippen LogP) is 1.23. The van der Waals surface area contributed by atoms with Crippen LogP contribution < -0.4 is 5.32 Å². The lowest BCUT2D eigenvalue weighted by atomic mass is 9.79. The second kappa shape index (κ2) is 6.22. The Hall–Kier alpha value is -1.95. The summed E-state index contributed by atoms with van der Waals surface area (Å²) >= 11 is 0. The Balaban J connectivity index is 2.31. The summed E-state index contributed by atoms with van der Waals surface area (Å²) in [7, 11) is 1.35. The van der Waals surface area contributed by atoms with E-state index in [1.165, 1.54) is 7.11 Å². The smallest absolute Gasteiger partial charge is 0.323 e. The normalized spacial score (nSPS) is 28.1. The molecule has 6 heteroatoms. The molecule has 1 N–H and O–H groups in total. The number of carbonyl (C=O) groups excluding carboxylic acids is 2. The van der Waals surface area contributed by atoms with Gasteiger partial charge in [-0.15, -0.1) is 0 Å². The van der Waals surface area contributed by atoms with Gasteiger partial charge in [-0.25, -0.2) is 0 Å². The van der Waals surface area contributed by atoms with Gasteiger partial charge in [0.2, 0.25) is 0 Å². The Kier molecular flexibility index (Phi) is 4.57. The van der Waals surface area contributed by atoms with Crippen LogP contribution in [-0.4, -0.2) is 36.7 Å². The van der Waals surface area contributed by atoms with Gasteiger partial charge in [0.05, 0.1) is 25.2 Å². The van der Waals surface area contributed by atoms with Crippen LogP contribution in [-0.2, 0) is 19.1 Å². The Morgan fingerprint density at radius 1 is 1.52 bits per heavy atom. The summed E-state index contributed by atoms with van der Waals surface area (Å²) in [5.74, 6) is -0.699. The number of nitrogens with zero attached hydrogens (tertiary/aromatic N) is 1. The fourth-order valence-corrected chi connectivity index (χ4v) is 2.83. The van der Waals surface area contributed by atoms with E-state index in [0.29, 0.717) is 13.0 Å². The van der Waals surface area contributed by atoms with Crippen molar-refractivity contribution in [3.8, 4) is 0 Å². The van der Waals surface area contributed by atoms with Crippen molar-refractivity contribution in [2.45, 2.75) is 32.4 Å². The molecule has 1 aromatic rings. The first kappa shape index (κ1) is 15.4. The number of rotatable bonds is 4. The molecule has 0 aliphatic carbocycles. The van der Waals surface area contributed by atoms with Crippen LogP contribution in [0.4, 0.5) is 0 Å². The van der Waals surface area contributed by atoms with Crippen LogP contribution in [0.25, 0.3) is 0 Å². The minimum Gasteiger partial charge on any atom is -0.469 e. The van der Waals surface area contributed by atoms with E-state index in [9.17, 15) is 9.59 Å². The van der Waals surface area contributed by atoms with E-state index in [2.05, 4.69) is 10.3 Å². The fraction of sp³-hybridized carbons (Fsp3) is 0.533. The third-order valence-corrected chi connectivity index (χ3v) is 3.87. The van der Waals surface area contributed by atoms with E-state index in [4.69, 9.17) is 9.47 Å². The minimum absolute atomic E-state index is 0.309. The summed E-state index contributed by atoms with van der Waals surface area (Å²) in [4.78, 5) is 28.3. The molecule has 21 heavy (non-hydrogen) atoms. The molecule has 0 radical (unpaired) electrons. The second-order valence-electron chi connectivity index (χ2n) is 5.30. The topological polar surface area (TPSA) is 77.5 Å². The highest BCUT2D eigenvalue weighted by molar-refractivity contribution is 5.83. The first-order valence-electron chi connectivity index (χ1n) is 6.94. The van der Waals surface area contributed by atoms with E-state index < -0.39 is 11.5 Å². The van der Waals surface area contributed by atoms with Crippen LogP contribution in [0.2, 0.25) is 0 Å². The van der Waals surface area contributed by atoms with Crippen LogP contribution in [0.15, 0.2) is 24.5 Å². The van der Waals surface area contributed by atoms with Gasteiger partial charge in [0.1, 0.15) is 6.04 Å². The zero-order valence-corrected chi connectivity index (χ0v) is 12.5. The summed E-state index contributed by atoms with van der Waals surface area (Å²) in [6.45, 7) is 3.86. The van der Waals surface area contributed by atoms with Gasteiger partial charge in [-0.3, -0.25) is 19.9 Å². The molecule has 0 bridgehead atoms. The van der Waals surface area contributed by atoms with Crippen LogP contribution >= 0.6 is 0 Å². The molecule has 0 amide bonds. The third-order valence-electron chi connectivity index (χ3n) is 3.87. The minimum atomic E-state index is -0.838. The third kappa shape index (κ3) is 2.90. The molecular weight excluding hydrogens is 272 g/mol. The standard InChI is InChI=1S/C15H20N2O4/c1-4-21-13(18)11-8-15(2,14(19)20-3)12(17-11)10-6-5-7-16-9-10/h5-7,9,11-12,17H,4,8H2,1-3H3/t11-,12-,15-/m0/s1. The van der Waals surface area contributed by atoms with E-state index in [0.717, 1.165) is 5.56 Å². The quantitative estimate of drug-likeness (QED) is 0.841. The summed E-state index contributed by atoms with van der Waals surface area (Å²) in [5.41, 5.74) is 0.00654. The number of pyridine rings is 1. The summed E-state index contributed by atoms with van der Waals surface area (Å²) in [5, 5.41) is 3.18. The Morgan fingerprint density at radius 3 is 2.86 bits per heavy atom. The van der Waals surface area contributed by atoms with Crippen molar-refractivity contribution >= 4 is 11.9 Å². The van der Waals surface area contributed by atoms with Gasteiger partial charge >= 0.3 is 11.9 Å². The first-order valence-corrected chi connectivity index (χ1v) is 6.94. The molecular formula is C15H20N2O4. The lowest BCUT2D eigenvalue weighted by molar-refractivity contribution is -0.152. The largest absolute Gasteiger partial charge is 0.469 e. The monoisotopic (exact) mass is 292 g/mol. The molecule has 6 nitrogen and oxygen atoms in total. The molecule has 1 aliphatic heterocycles. The average molecular weight is 292 g/mol. The number of nitrogens with one attached hydrogen (secondary N) is 1. The van der Waals surface area contributed by atoms with E-state index in [1.54, 1.807) is 32.3 Å². The van der Waals surface area contributed by atoms with E-state index in [1.807, 2.05) is 6.07 Å². The second-order valence-corrected chi connectivity index (χ2v) is 5.30. The molecule has 1 saturated heterocycles. The molecule has 0 saturated carbocycles. The van der Waals surface area contributed by atoms with Gasteiger partial charge < -0.3 is 9.47 Å². The van der Waals surface area contributed by atoms with Gasteiger partial charge in [0.15, 0.2) is 0 Å². The molecule has 1 aliphatic rings. The van der Waals surface area contributed by atoms with Crippen molar-refractivity contribution in [1.82, 2.24) is 10.3 Å². The molecule has 2 rings (SSSR count). The zero-order valence-electron chi connectivity index (χ0n) is 12.5. The number of hydrogen-bond acceptors (Lipinski definition) is 6. The van der Waals surface area contributed by atoms with E-state index >= 15 is 0 Å². The number of esters is 2. The van der Waals surface area contributed by atoms with Gasteiger partial charge in [-0.1, -0.05) is 6.07 Å². The van der Waals surface area contributed by atoms with Crippen LogP contribution in [0.5, 0.6) is 0 Å². The van der Waals surface area contributed by atoms with Crippen molar-refractivity contribution < 1.29 is 19.1 Å². The van der Waals surface area contributed by atoms with Gasteiger partial charge in [0.25, 0.3) is 0 Å². The number of carbonyl (C=O) groups is 2. The highest BCUT2D eigenvalue weighted by atomic mass is 16.5. The Bertz CT molecular complexity index is 520. The van der Waals surface area contributed by atoms with Gasteiger partial charge in [0, 0.05) is 12.4 Å². The van der Waals surface area contributed by atoms with Crippen molar-refractivity contribution in [2.75, 3.05) is 13.7 Å². The summed E-state index contributed by atoms with van der Waals surface area (Å²) in [6, 6.07) is 2.80. The van der Waals surface area contributed by atoms with Crippen molar-refractivity contribution in [2.24, 2.45) is 5.41 Å². The molecule has 0 spiro atoms. The van der Waals surface area contributed by atoms with Crippen LogP contribution in [0, 0.1) is 5.41 Å². The van der Waals surface area contributed by atoms with Crippen LogP contribution in [0.3, 0.4) is 0 Å². The summed E-state index contributed by atoms with van der Waals surface area (Å²) < 4.78 is 9.97. The number of aromatic nitrogens is 1.